The van der Waals surface area contributed by atoms with Crippen molar-refractivity contribution < 1.29 is 14.3 Å². The Labute approximate surface area is 284 Å². The SMILES string of the molecule is COc1cc(C(=O)N2C[C@H]3CC[C@@H]2[C@@H]3N)cc2nc(-c3cc4ccccc4n3CC3CC3)n(CC3CN(C(=O)c4cccc(C#N)c4)C3)c12. The highest BCUT2D eigenvalue weighted by atomic mass is 16.5. The fraction of sp³-hybridized carbons (Fsp3) is 0.385. The van der Waals surface area contributed by atoms with Crippen molar-refractivity contribution in [1.82, 2.24) is 23.9 Å². The van der Waals surface area contributed by atoms with E-state index in [9.17, 15) is 14.9 Å². The first kappa shape index (κ1) is 30.0. The number of hydrogen-bond acceptors (Lipinski definition) is 6. The molecule has 0 radical (unpaired) electrons. The number of aromatic nitrogens is 3. The number of nitrogens with two attached hydrogens (primary N) is 1. The number of piperidine rings is 1. The van der Waals surface area contributed by atoms with Crippen molar-refractivity contribution in [2.75, 3.05) is 26.7 Å². The van der Waals surface area contributed by atoms with Crippen molar-refractivity contribution in [3.63, 3.8) is 0 Å². The van der Waals surface area contributed by atoms with E-state index in [1.165, 1.54) is 23.7 Å². The molecule has 4 heterocycles. The van der Waals surface area contributed by atoms with Gasteiger partial charge in [0.2, 0.25) is 0 Å². The van der Waals surface area contributed by atoms with Gasteiger partial charge in [0.15, 0.2) is 5.82 Å². The molecular formula is C39H39N7O3. The summed E-state index contributed by atoms with van der Waals surface area (Å²) in [7, 11) is 1.65. The Morgan fingerprint density at radius 2 is 1.71 bits per heavy atom. The summed E-state index contributed by atoms with van der Waals surface area (Å²) in [5.41, 5.74) is 11.8. The molecule has 4 aliphatic rings. The number of rotatable bonds is 8. The monoisotopic (exact) mass is 653 g/mol. The molecule has 49 heavy (non-hydrogen) atoms. The van der Waals surface area contributed by atoms with Crippen LogP contribution in [0, 0.1) is 29.1 Å². The van der Waals surface area contributed by atoms with Crippen LogP contribution < -0.4 is 10.5 Å². The quantitative estimate of drug-likeness (QED) is 0.243. The minimum Gasteiger partial charge on any atom is -0.494 e. The fourth-order valence-corrected chi connectivity index (χ4v) is 8.49. The van der Waals surface area contributed by atoms with E-state index in [1.807, 2.05) is 21.9 Å². The molecule has 2 aliphatic heterocycles. The Bertz CT molecular complexity index is 2180. The summed E-state index contributed by atoms with van der Waals surface area (Å²) in [6.07, 6.45) is 4.49. The molecule has 0 spiro atoms. The van der Waals surface area contributed by atoms with Gasteiger partial charge in [0.05, 0.1) is 30.0 Å². The number of imidazole rings is 1. The summed E-state index contributed by atoms with van der Waals surface area (Å²) in [5.74, 6) is 2.57. The maximum atomic E-state index is 14.0. The average Bonchev–Trinajstić information content (AvgIpc) is 3.47. The second-order valence-corrected chi connectivity index (χ2v) is 14.4. The number of carbonyl (C=O) groups is 2. The van der Waals surface area contributed by atoms with Crippen LogP contribution in [0.25, 0.3) is 33.5 Å². The van der Waals surface area contributed by atoms with Gasteiger partial charge in [0.25, 0.3) is 11.8 Å². The molecule has 4 fully saturated rings. The predicted octanol–water partition coefficient (Wildman–Crippen LogP) is 5.28. The van der Waals surface area contributed by atoms with E-state index in [4.69, 9.17) is 15.5 Å². The maximum absolute atomic E-state index is 14.0. The second kappa shape index (κ2) is 11.5. The maximum Gasteiger partial charge on any atom is 0.254 e. The summed E-state index contributed by atoms with van der Waals surface area (Å²) < 4.78 is 10.7. The van der Waals surface area contributed by atoms with Gasteiger partial charge in [0, 0.05) is 72.8 Å². The molecule has 2 saturated carbocycles. The smallest absolute Gasteiger partial charge is 0.254 e. The Kier molecular flexibility index (Phi) is 7.02. The van der Waals surface area contributed by atoms with Crippen molar-refractivity contribution in [2.24, 2.45) is 23.5 Å². The fourth-order valence-electron chi connectivity index (χ4n) is 8.49. The molecule has 2 aliphatic carbocycles. The van der Waals surface area contributed by atoms with Gasteiger partial charge in [-0.25, -0.2) is 4.98 Å². The first-order valence-corrected chi connectivity index (χ1v) is 17.4. The Balaban J connectivity index is 1.11. The first-order chi connectivity index (χ1) is 23.9. The summed E-state index contributed by atoms with van der Waals surface area (Å²) in [4.78, 5) is 36.4. The van der Waals surface area contributed by atoms with Crippen LogP contribution in [0.4, 0.5) is 0 Å². The van der Waals surface area contributed by atoms with E-state index in [1.54, 1.807) is 31.4 Å². The number of para-hydroxylation sites is 1. The van der Waals surface area contributed by atoms with Crippen LogP contribution in [0.15, 0.2) is 66.7 Å². The lowest BCUT2D eigenvalue weighted by molar-refractivity contribution is 0.0471. The highest BCUT2D eigenvalue weighted by Crippen LogP contribution is 2.41. The van der Waals surface area contributed by atoms with Crippen LogP contribution >= 0.6 is 0 Å². The minimum atomic E-state index is -0.0651. The van der Waals surface area contributed by atoms with Crippen molar-refractivity contribution in [1.29, 1.82) is 5.26 Å². The zero-order chi connectivity index (χ0) is 33.4. The number of hydrogen-bond donors (Lipinski definition) is 1. The largest absolute Gasteiger partial charge is 0.494 e. The second-order valence-electron chi connectivity index (χ2n) is 14.4. The molecule has 3 aromatic carbocycles. The molecule has 9 rings (SSSR count). The summed E-state index contributed by atoms with van der Waals surface area (Å²) in [5, 5.41) is 10.5. The van der Waals surface area contributed by atoms with Crippen LogP contribution in [0.5, 0.6) is 5.75 Å². The van der Waals surface area contributed by atoms with Crippen molar-refractivity contribution in [3.05, 3.63) is 83.4 Å². The molecule has 2 amide bonds. The third-order valence-corrected chi connectivity index (χ3v) is 11.3. The lowest BCUT2D eigenvalue weighted by atomic mass is 9.98. The summed E-state index contributed by atoms with van der Waals surface area (Å²) in [6.45, 7) is 3.45. The number of ether oxygens (including phenoxy) is 1. The highest BCUT2D eigenvalue weighted by Gasteiger charge is 2.47. The number of fused-ring (bicyclic) bond motifs is 4. The van der Waals surface area contributed by atoms with E-state index >= 15 is 0 Å². The molecule has 2 N–H and O–H groups in total. The Morgan fingerprint density at radius 1 is 0.898 bits per heavy atom. The van der Waals surface area contributed by atoms with Crippen molar-refractivity contribution >= 4 is 33.8 Å². The number of nitrogens with zero attached hydrogens (tertiary/aromatic N) is 6. The molecule has 10 heteroatoms. The van der Waals surface area contributed by atoms with Gasteiger partial charge in [-0.2, -0.15) is 5.26 Å². The molecule has 2 aromatic heterocycles. The first-order valence-electron chi connectivity index (χ1n) is 17.4. The van der Waals surface area contributed by atoms with Crippen LogP contribution in [0.2, 0.25) is 0 Å². The molecule has 3 atom stereocenters. The highest BCUT2D eigenvalue weighted by molar-refractivity contribution is 6.01. The predicted molar refractivity (Wildman–Crippen MR) is 186 cm³/mol. The van der Waals surface area contributed by atoms with Crippen LogP contribution in [-0.2, 0) is 13.1 Å². The van der Waals surface area contributed by atoms with Gasteiger partial charge in [-0.15, -0.1) is 0 Å². The summed E-state index contributed by atoms with van der Waals surface area (Å²) in [6, 6.07) is 23.6. The van der Waals surface area contributed by atoms with Gasteiger partial charge in [0.1, 0.15) is 11.3 Å². The number of nitriles is 1. The zero-order valence-corrected chi connectivity index (χ0v) is 27.6. The molecule has 2 saturated heterocycles. The average molecular weight is 654 g/mol. The third kappa shape index (κ3) is 4.98. The van der Waals surface area contributed by atoms with E-state index < -0.39 is 0 Å². The van der Waals surface area contributed by atoms with Gasteiger partial charge in [-0.3, -0.25) is 9.59 Å². The standard InChI is InChI=1S/C39H39N7O3/c1-49-34-16-29(39(48)45-22-28-11-12-32(45)35(28)41)14-30-36(34)46(21-25-18-43(19-25)38(47)27-7-4-5-24(13-27)17-40)37(42-30)33-15-26-6-2-3-8-31(26)44(33)20-23-9-10-23/h2-8,13-16,23,25,28,32,35H,9-12,18-22,41H2,1H3/t28-,32-,35-/m1/s1. The molecular weight excluding hydrogens is 614 g/mol. The van der Waals surface area contributed by atoms with Crippen molar-refractivity contribution in [2.45, 2.75) is 50.9 Å². The molecule has 10 nitrogen and oxygen atoms in total. The molecule has 2 bridgehead atoms. The number of amides is 2. The van der Waals surface area contributed by atoms with Gasteiger partial charge in [-0.1, -0.05) is 24.3 Å². The number of benzene rings is 3. The van der Waals surface area contributed by atoms with E-state index in [0.717, 1.165) is 41.9 Å². The normalized spacial score (nSPS) is 21.8. The zero-order valence-electron chi connectivity index (χ0n) is 27.6. The van der Waals surface area contributed by atoms with E-state index in [0.29, 0.717) is 60.5 Å². The molecule has 248 valence electrons. The number of likely N-dealkylation sites (tertiary alicyclic amines) is 2. The lowest BCUT2D eigenvalue weighted by Crippen LogP contribution is -2.51. The van der Waals surface area contributed by atoms with Crippen LogP contribution in [0.3, 0.4) is 0 Å². The number of carbonyl (C=O) groups excluding carboxylic acids is 2. The van der Waals surface area contributed by atoms with Crippen LogP contribution in [0.1, 0.15) is 52.0 Å². The number of methoxy groups -OCH3 is 1. The van der Waals surface area contributed by atoms with Crippen LogP contribution in [-0.4, -0.2) is 74.6 Å². The molecule has 0 unspecified atom stereocenters. The molecule has 5 aromatic rings. The van der Waals surface area contributed by atoms with E-state index in [2.05, 4.69) is 45.5 Å². The Hall–Kier alpha value is -5.14. The Morgan fingerprint density at radius 3 is 2.45 bits per heavy atom. The van der Waals surface area contributed by atoms with E-state index in [-0.39, 0.29) is 29.8 Å². The summed E-state index contributed by atoms with van der Waals surface area (Å²) >= 11 is 0. The van der Waals surface area contributed by atoms with Crippen molar-refractivity contribution in [3.8, 4) is 23.3 Å². The van der Waals surface area contributed by atoms with Gasteiger partial charge < -0.3 is 29.4 Å². The third-order valence-electron chi connectivity index (χ3n) is 11.3. The van der Waals surface area contributed by atoms with Gasteiger partial charge in [-0.05, 0) is 80.0 Å². The minimum absolute atomic E-state index is 0.0181. The topological polar surface area (TPSA) is 122 Å². The lowest BCUT2D eigenvalue weighted by Gasteiger charge is -2.40. The van der Waals surface area contributed by atoms with Gasteiger partial charge >= 0.3 is 0 Å².